The summed E-state index contributed by atoms with van der Waals surface area (Å²) in [7, 11) is 1.72. The Balaban J connectivity index is 1.95. The predicted octanol–water partition coefficient (Wildman–Crippen LogP) is 3.25. The molecular weight excluding hydrogens is 269 g/mol. The predicted molar refractivity (Wildman–Crippen MR) is 79.4 cm³/mol. The minimum absolute atomic E-state index is 0.150. The number of halogens is 1. The van der Waals surface area contributed by atoms with Gasteiger partial charge in [-0.3, -0.25) is 4.79 Å². The van der Waals surface area contributed by atoms with Gasteiger partial charge < -0.3 is 9.64 Å². The van der Waals surface area contributed by atoms with Crippen LogP contribution >= 0.6 is 0 Å². The molecule has 0 aromatic heterocycles. The second-order valence-electron chi connectivity index (χ2n) is 4.90. The SMILES string of the molecule is CC(Oc1cccc(F)c1)C(=O)N(C)Cc1ccccc1. The number of hydrogen-bond acceptors (Lipinski definition) is 2. The molecule has 0 saturated carbocycles. The third kappa shape index (κ3) is 4.31. The van der Waals surface area contributed by atoms with Crippen LogP contribution in [0.4, 0.5) is 4.39 Å². The first-order valence-corrected chi connectivity index (χ1v) is 6.77. The molecule has 4 heteroatoms. The third-order valence-electron chi connectivity index (χ3n) is 3.10. The smallest absolute Gasteiger partial charge is 0.263 e. The van der Waals surface area contributed by atoms with Crippen molar-refractivity contribution in [1.29, 1.82) is 0 Å². The summed E-state index contributed by atoms with van der Waals surface area (Å²) < 4.78 is 18.6. The number of likely N-dealkylation sites (N-methyl/N-ethyl adjacent to an activating group) is 1. The van der Waals surface area contributed by atoms with E-state index in [9.17, 15) is 9.18 Å². The van der Waals surface area contributed by atoms with E-state index in [1.165, 1.54) is 12.1 Å². The summed E-state index contributed by atoms with van der Waals surface area (Å²) in [6.45, 7) is 2.17. The molecule has 2 aromatic rings. The van der Waals surface area contributed by atoms with Crippen molar-refractivity contribution >= 4 is 5.91 Å². The number of benzene rings is 2. The first-order valence-electron chi connectivity index (χ1n) is 6.77. The lowest BCUT2D eigenvalue weighted by atomic mass is 10.2. The molecule has 2 aromatic carbocycles. The van der Waals surface area contributed by atoms with E-state index in [2.05, 4.69) is 0 Å². The maximum Gasteiger partial charge on any atom is 0.263 e. The van der Waals surface area contributed by atoms with Gasteiger partial charge in [0.05, 0.1) is 0 Å². The van der Waals surface area contributed by atoms with E-state index in [1.807, 2.05) is 30.3 Å². The molecule has 0 saturated heterocycles. The molecule has 0 radical (unpaired) electrons. The van der Waals surface area contributed by atoms with Crippen LogP contribution in [-0.4, -0.2) is 24.0 Å². The highest BCUT2D eigenvalue weighted by Crippen LogP contribution is 2.15. The molecule has 0 aliphatic rings. The van der Waals surface area contributed by atoms with E-state index in [-0.39, 0.29) is 11.7 Å². The van der Waals surface area contributed by atoms with Gasteiger partial charge in [-0.2, -0.15) is 0 Å². The van der Waals surface area contributed by atoms with Gasteiger partial charge in [-0.05, 0) is 24.6 Å². The van der Waals surface area contributed by atoms with Gasteiger partial charge >= 0.3 is 0 Å². The van der Waals surface area contributed by atoms with Crippen LogP contribution in [-0.2, 0) is 11.3 Å². The van der Waals surface area contributed by atoms with Crippen molar-refractivity contribution < 1.29 is 13.9 Å². The van der Waals surface area contributed by atoms with Gasteiger partial charge in [-0.25, -0.2) is 4.39 Å². The Hall–Kier alpha value is -2.36. The van der Waals surface area contributed by atoms with Gasteiger partial charge in [0, 0.05) is 19.7 Å². The Morgan fingerprint density at radius 1 is 1.19 bits per heavy atom. The molecule has 0 spiro atoms. The summed E-state index contributed by atoms with van der Waals surface area (Å²) in [5.74, 6) is -0.183. The molecule has 0 bridgehead atoms. The van der Waals surface area contributed by atoms with Crippen LogP contribution in [0, 0.1) is 5.82 Å². The van der Waals surface area contributed by atoms with Crippen molar-refractivity contribution in [3.8, 4) is 5.75 Å². The van der Waals surface area contributed by atoms with E-state index in [1.54, 1.807) is 31.0 Å². The Labute approximate surface area is 124 Å². The summed E-state index contributed by atoms with van der Waals surface area (Å²) in [6.07, 6.45) is -0.666. The van der Waals surface area contributed by atoms with Crippen LogP contribution in [0.3, 0.4) is 0 Å². The van der Waals surface area contributed by atoms with Gasteiger partial charge in [0.2, 0.25) is 0 Å². The molecule has 0 heterocycles. The van der Waals surface area contributed by atoms with Gasteiger partial charge in [0.25, 0.3) is 5.91 Å². The molecule has 110 valence electrons. The fraction of sp³-hybridized carbons (Fsp3) is 0.235. The van der Waals surface area contributed by atoms with Crippen LogP contribution in [0.1, 0.15) is 12.5 Å². The van der Waals surface area contributed by atoms with Crippen LogP contribution in [0.15, 0.2) is 54.6 Å². The average Bonchev–Trinajstić information content (AvgIpc) is 2.47. The number of hydrogen-bond donors (Lipinski definition) is 0. The molecule has 0 aliphatic carbocycles. The lowest BCUT2D eigenvalue weighted by molar-refractivity contribution is -0.137. The molecule has 0 fully saturated rings. The van der Waals surface area contributed by atoms with E-state index >= 15 is 0 Å². The zero-order chi connectivity index (χ0) is 15.2. The zero-order valence-electron chi connectivity index (χ0n) is 12.1. The summed E-state index contributed by atoms with van der Waals surface area (Å²) in [5, 5.41) is 0. The number of nitrogens with zero attached hydrogens (tertiary/aromatic N) is 1. The van der Waals surface area contributed by atoms with Gasteiger partial charge in [0.15, 0.2) is 6.10 Å². The topological polar surface area (TPSA) is 29.5 Å². The fourth-order valence-electron chi connectivity index (χ4n) is 2.04. The number of ether oxygens (including phenoxy) is 1. The number of rotatable bonds is 5. The normalized spacial score (nSPS) is 11.8. The third-order valence-corrected chi connectivity index (χ3v) is 3.10. The minimum Gasteiger partial charge on any atom is -0.481 e. The quantitative estimate of drug-likeness (QED) is 0.845. The fourth-order valence-corrected chi connectivity index (χ4v) is 2.04. The molecule has 0 aliphatic heterocycles. The highest BCUT2D eigenvalue weighted by molar-refractivity contribution is 5.80. The van der Waals surface area contributed by atoms with Crippen LogP contribution < -0.4 is 4.74 Å². The molecule has 1 atom stereocenters. The minimum atomic E-state index is -0.666. The van der Waals surface area contributed by atoms with Crippen molar-refractivity contribution in [1.82, 2.24) is 4.90 Å². The van der Waals surface area contributed by atoms with Crippen molar-refractivity contribution in [2.75, 3.05) is 7.05 Å². The van der Waals surface area contributed by atoms with Crippen molar-refractivity contribution in [2.24, 2.45) is 0 Å². The molecular formula is C17H18FNO2. The van der Waals surface area contributed by atoms with E-state index in [0.717, 1.165) is 5.56 Å². The maximum absolute atomic E-state index is 13.1. The lowest BCUT2D eigenvalue weighted by Crippen LogP contribution is -2.37. The summed E-state index contributed by atoms with van der Waals surface area (Å²) in [5.41, 5.74) is 1.05. The molecule has 21 heavy (non-hydrogen) atoms. The Kier molecular flexibility index (Phi) is 4.93. The van der Waals surface area contributed by atoms with E-state index in [0.29, 0.717) is 12.3 Å². The molecule has 3 nitrogen and oxygen atoms in total. The standard InChI is InChI=1S/C17H18FNO2/c1-13(21-16-10-6-9-15(18)11-16)17(20)19(2)12-14-7-4-3-5-8-14/h3-11,13H,12H2,1-2H3. The van der Waals surface area contributed by atoms with E-state index < -0.39 is 6.10 Å². The number of carbonyl (C=O) groups is 1. The second-order valence-corrected chi connectivity index (χ2v) is 4.90. The summed E-state index contributed by atoms with van der Waals surface area (Å²) in [4.78, 5) is 13.8. The molecule has 0 N–H and O–H groups in total. The Morgan fingerprint density at radius 3 is 2.57 bits per heavy atom. The maximum atomic E-state index is 13.1. The van der Waals surface area contributed by atoms with Crippen molar-refractivity contribution in [3.05, 3.63) is 66.0 Å². The number of carbonyl (C=O) groups excluding carboxylic acids is 1. The first kappa shape index (κ1) is 15.0. The van der Waals surface area contributed by atoms with Crippen LogP contribution in [0.2, 0.25) is 0 Å². The first-order chi connectivity index (χ1) is 10.1. The summed E-state index contributed by atoms with van der Waals surface area (Å²) >= 11 is 0. The van der Waals surface area contributed by atoms with Gasteiger partial charge in [-0.15, -0.1) is 0 Å². The van der Waals surface area contributed by atoms with E-state index in [4.69, 9.17) is 4.74 Å². The number of amides is 1. The van der Waals surface area contributed by atoms with Crippen LogP contribution in [0.5, 0.6) is 5.75 Å². The monoisotopic (exact) mass is 287 g/mol. The summed E-state index contributed by atoms with van der Waals surface area (Å²) in [6, 6.07) is 15.5. The second kappa shape index (κ2) is 6.88. The van der Waals surface area contributed by atoms with Crippen molar-refractivity contribution in [2.45, 2.75) is 19.6 Å². The van der Waals surface area contributed by atoms with Gasteiger partial charge in [-0.1, -0.05) is 36.4 Å². The van der Waals surface area contributed by atoms with Crippen molar-refractivity contribution in [3.63, 3.8) is 0 Å². The van der Waals surface area contributed by atoms with Gasteiger partial charge in [0.1, 0.15) is 11.6 Å². The molecule has 1 unspecified atom stereocenters. The zero-order valence-corrected chi connectivity index (χ0v) is 12.1. The largest absolute Gasteiger partial charge is 0.481 e. The Bertz CT molecular complexity index is 601. The highest BCUT2D eigenvalue weighted by Gasteiger charge is 2.19. The molecule has 1 amide bonds. The Morgan fingerprint density at radius 2 is 1.90 bits per heavy atom. The van der Waals surface area contributed by atoms with Crippen LogP contribution in [0.25, 0.3) is 0 Å². The average molecular weight is 287 g/mol. The molecule has 2 rings (SSSR count). The lowest BCUT2D eigenvalue weighted by Gasteiger charge is -2.22. The highest BCUT2D eigenvalue weighted by atomic mass is 19.1.